The molecule has 2 N–H and O–H groups in total. The van der Waals surface area contributed by atoms with Gasteiger partial charge in [0, 0.05) is 22.4 Å². The summed E-state index contributed by atoms with van der Waals surface area (Å²) in [6.07, 6.45) is -5.98. The molecule has 28 heavy (non-hydrogen) atoms. The number of hydrogen-bond donors (Lipinski definition) is 2. The molecule has 2 aromatic rings. The normalized spacial score (nSPS) is 17.6. The molecule has 1 atom stereocenters. The molecule has 0 heterocycles. The maximum atomic E-state index is 13.8. The highest BCUT2D eigenvalue weighted by Crippen LogP contribution is 2.58. The highest BCUT2D eigenvalue weighted by molar-refractivity contribution is 6.31. The van der Waals surface area contributed by atoms with Gasteiger partial charge >= 0.3 is 6.18 Å². The molecule has 1 unspecified atom stereocenters. The van der Waals surface area contributed by atoms with Crippen molar-refractivity contribution in [1.29, 1.82) is 5.26 Å². The number of phenolic OH excluding ortho intramolecular Hbond substituents is 1. The fourth-order valence-electron chi connectivity index (χ4n) is 3.52. The van der Waals surface area contributed by atoms with Crippen LogP contribution in [0.2, 0.25) is 5.02 Å². The van der Waals surface area contributed by atoms with Gasteiger partial charge in [0.15, 0.2) is 5.60 Å². The number of benzene rings is 2. The Morgan fingerprint density at radius 2 is 1.82 bits per heavy atom. The van der Waals surface area contributed by atoms with Gasteiger partial charge in [0.2, 0.25) is 0 Å². The molecule has 0 amide bonds. The van der Waals surface area contributed by atoms with Gasteiger partial charge in [-0.1, -0.05) is 17.7 Å². The Balaban J connectivity index is 1.97. The summed E-state index contributed by atoms with van der Waals surface area (Å²) in [4.78, 5) is 0. The van der Waals surface area contributed by atoms with E-state index in [9.17, 15) is 27.8 Å². The number of alkyl halides is 3. The summed E-state index contributed by atoms with van der Waals surface area (Å²) in [6.45, 7) is 0. The van der Waals surface area contributed by atoms with E-state index in [1.165, 1.54) is 18.2 Å². The summed E-state index contributed by atoms with van der Waals surface area (Å²) in [5.74, 6) is -0.982. The Hall–Kier alpha value is -2.30. The van der Waals surface area contributed by atoms with Gasteiger partial charge in [-0.3, -0.25) is 0 Å². The minimum Gasteiger partial charge on any atom is -0.508 e. The summed E-state index contributed by atoms with van der Waals surface area (Å²) in [5.41, 5.74) is -4.02. The molecule has 1 saturated carbocycles. The fourth-order valence-corrected chi connectivity index (χ4v) is 3.77. The summed E-state index contributed by atoms with van der Waals surface area (Å²) in [5, 5.41) is 29.4. The third-order valence-corrected chi connectivity index (χ3v) is 5.56. The van der Waals surface area contributed by atoms with E-state index in [-0.39, 0.29) is 40.3 Å². The lowest BCUT2D eigenvalue weighted by Crippen LogP contribution is -2.49. The molecule has 8 heteroatoms. The van der Waals surface area contributed by atoms with Gasteiger partial charge in [0.25, 0.3) is 0 Å². The first-order chi connectivity index (χ1) is 13.0. The molecular weight excluding hydrogens is 398 g/mol. The lowest BCUT2D eigenvalue weighted by molar-refractivity contribution is -0.264. The Kier molecular flexibility index (Phi) is 5.07. The predicted molar refractivity (Wildman–Crippen MR) is 94.5 cm³/mol. The van der Waals surface area contributed by atoms with Crippen LogP contribution in [-0.4, -0.2) is 22.0 Å². The van der Waals surface area contributed by atoms with Crippen LogP contribution in [0.1, 0.15) is 36.0 Å². The van der Waals surface area contributed by atoms with E-state index >= 15 is 0 Å². The van der Waals surface area contributed by atoms with Crippen molar-refractivity contribution in [3.8, 4) is 11.8 Å². The molecule has 0 saturated heterocycles. The first-order valence-corrected chi connectivity index (χ1v) is 8.84. The van der Waals surface area contributed by atoms with Gasteiger partial charge < -0.3 is 10.2 Å². The van der Waals surface area contributed by atoms with Gasteiger partial charge in [-0.25, -0.2) is 4.39 Å². The summed E-state index contributed by atoms with van der Waals surface area (Å²) in [7, 11) is 0. The molecule has 1 aliphatic carbocycles. The number of aliphatic hydroxyl groups is 1. The molecule has 0 spiro atoms. The van der Waals surface area contributed by atoms with Crippen LogP contribution in [0.5, 0.6) is 5.75 Å². The number of nitrogens with zero attached hydrogens (tertiary/aromatic N) is 1. The molecular formula is C20H16ClF4NO2. The Morgan fingerprint density at radius 3 is 2.36 bits per heavy atom. The molecule has 1 aliphatic rings. The van der Waals surface area contributed by atoms with E-state index in [0.717, 1.165) is 18.2 Å². The van der Waals surface area contributed by atoms with E-state index in [4.69, 9.17) is 16.9 Å². The Bertz CT molecular complexity index is 950. The van der Waals surface area contributed by atoms with Crippen molar-refractivity contribution >= 4 is 11.6 Å². The number of halogens is 5. The average Bonchev–Trinajstić information content (AvgIpc) is 3.38. The van der Waals surface area contributed by atoms with Crippen LogP contribution in [0.4, 0.5) is 17.6 Å². The van der Waals surface area contributed by atoms with Gasteiger partial charge in [-0.15, -0.1) is 0 Å². The van der Waals surface area contributed by atoms with E-state index in [2.05, 4.69) is 0 Å². The molecule has 0 radical (unpaired) electrons. The molecule has 148 valence electrons. The van der Waals surface area contributed by atoms with Crippen molar-refractivity contribution in [1.82, 2.24) is 0 Å². The van der Waals surface area contributed by atoms with Crippen molar-refractivity contribution < 1.29 is 27.8 Å². The van der Waals surface area contributed by atoms with E-state index < -0.39 is 35.9 Å². The van der Waals surface area contributed by atoms with E-state index in [1.54, 1.807) is 0 Å². The van der Waals surface area contributed by atoms with Gasteiger partial charge in [-0.2, -0.15) is 18.4 Å². The first kappa shape index (κ1) is 20.4. The van der Waals surface area contributed by atoms with Crippen LogP contribution < -0.4 is 0 Å². The molecule has 3 rings (SSSR count). The molecule has 2 aromatic carbocycles. The standard InChI is InChI=1S/C20H16ClF4NO2/c21-16-7-12(10-26)1-2-13(16)9-19(28,20(23,24)25)11-18(5-6-18)15-8-14(22)3-4-17(15)27/h1-4,7-8,27-28H,5-6,9,11H2. The van der Waals surface area contributed by atoms with Crippen LogP contribution in [0.25, 0.3) is 0 Å². The van der Waals surface area contributed by atoms with Crippen molar-refractivity contribution in [2.24, 2.45) is 0 Å². The second kappa shape index (κ2) is 6.94. The second-order valence-corrected chi connectivity index (χ2v) is 7.65. The van der Waals surface area contributed by atoms with Gasteiger partial charge in [0.05, 0.1) is 11.6 Å². The third kappa shape index (κ3) is 3.80. The summed E-state index contributed by atoms with van der Waals surface area (Å²) < 4.78 is 55.1. The maximum absolute atomic E-state index is 13.8. The fraction of sp³-hybridized carbons (Fsp3) is 0.350. The van der Waals surface area contributed by atoms with E-state index in [1.807, 2.05) is 6.07 Å². The predicted octanol–water partition coefficient (Wildman–Crippen LogP) is 5.01. The van der Waals surface area contributed by atoms with Crippen molar-refractivity contribution in [3.63, 3.8) is 0 Å². The van der Waals surface area contributed by atoms with Gasteiger partial charge in [0.1, 0.15) is 11.6 Å². The number of phenols is 1. The number of rotatable bonds is 5. The SMILES string of the molecule is N#Cc1ccc(CC(O)(CC2(c3cc(F)ccc3O)CC2)C(F)(F)F)c(Cl)c1. The van der Waals surface area contributed by atoms with Crippen LogP contribution in [-0.2, 0) is 11.8 Å². The van der Waals surface area contributed by atoms with Crippen LogP contribution >= 0.6 is 11.6 Å². The molecule has 0 aliphatic heterocycles. The maximum Gasteiger partial charge on any atom is 0.417 e. The Morgan fingerprint density at radius 1 is 1.14 bits per heavy atom. The first-order valence-electron chi connectivity index (χ1n) is 8.46. The van der Waals surface area contributed by atoms with Crippen LogP contribution in [0.15, 0.2) is 36.4 Å². The van der Waals surface area contributed by atoms with Crippen molar-refractivity contribution in [2.45, 2.75) is 42.9 Å². The highest BCUT2D eigenvalue weighted by Gasteiger charge is 2.61. The molecule has 0 aromatic heterocycles. The van der Waals surface area contributed by atoms with E-state index in [0.29, 0.717) is 0 Å². The molecule has 0 bridgehead atoms. The summed E-state index contributed by atoms with van der Waals surface area (Å²) >= 11 is 6.00. The monoisotopic (exact) mass is 413 g/mol. The molecule has 1 fully saturated rings. The number of hydrogen-bond acceptors (Lipinski definition) is 3. The lowest BCUT2D eigenvalue weighted by Gasteiger charge is -2.35. The summed E-state index contributed by atoms with van der Waals surface area (Å²) in [6, 6.07) is 8.78. The number of nitriles is 1. The van der Waals surface area contributed by atoms with Crippen molar-refractivity contribution in [3.05, 3.63) is 63.9 Å². The number of aromatic hydroxyl groups is 1. The minimum atomic E-state index is -4.98. The second-order valence-electron chi connectivity index (χ2n) is 7.24. The zero-order valence-corrected chi connectivity index (χ0v) is 15.3. The van der Waals surface area contributed by atoms with Crippen LogP contribution in [0.3, 0.4) is 0 Å². The van der Waals surface area contributed by atoms with Gasteiger partial charge in [-0.05, 0) is 55.2 Å². The smallest absolute Gasteiger partial charge is 0.417 e. The van der Waals surface area contributed by atoms with Crippen LogP contribution in [0, 0.1) is 17.1 Å². The van der Waals surface area contributed by atoms with Crippen molar-refractivity contribution in [2.75, 3.05) is 0 Å². The third-order valence-electron chi connectivity index (χ3n) is 5.21. The minimum absolute atomic E-state index is 0.0414. The zero-order valence-electron chi connectivity index (χ0n) is 14.5. The highest BCUT2D eigenvalue weighted by atomic mass is 35.5. The quantitative estimate of drug-likeness (QED) is 0.677. The largest absolute Gasteiger partial charge is 0.508 e. The lowest BCUT2D eigenvalue weighted by atomic mass is 9.79. The average molecular weight is 414 g/mol. The Labute approximate surface area is 163 Å². The zero-order chi connectivity index (χ0) is 20.7. The molecule has 3 nitrogen and oxygen atoms in total. The topological polar surface area (TPSA) is 64.2 Å².